The number of aryl methyl sites for hydroxylation is 1. The molecule has 1 aromatic carbocycles. The molecule has 0 spiro atoms. The van der Waals surface area contributed by atoms with Gasteiger partial charge in [0, 0.05) is 25.3 Å². The topological polar surface area (TPSA) is 76.3 Å². The van der Waals surface area contributed by atoms with Crippen molar-refractivity contribution in [2.45, 2.75) is 12.8 Å². The highest BCUT2D eigenvalue weighted by Gasteiger charge is 2.21. The Bertz CT molecular complexity index is 695. The summed E-state index contributed by atoms with van der Waals surface area (Å²) in [5.41, 5.74) is 1.85. The molecule has 3 rings (SSSR count). The molecule has 0 aliphatic carbocycles. The fourth-order valence-electron chi connectivity index (χ4n) is 2.53. The summed E-state index contributed by atoms with van der Waals surface area (Å²) < 4.78 is 6.55. The second-order valence-corrected chi connectivity index (χ2v) is 5.14. The van der Waals surface area contributed by atoms with Crippen LogP contribution in [0.1, 0.15) is 12.8 Å². The Morgan fingerprint density at radius 1 is 1.50 bits per heavy atom. The molecule has 1 aliphatic heterocycles. The number of piperidine rings is 1. The standard InChI is InChI=1S/C14H17N3O3/c1-17-11-5-4-10(7-12(11)20-14(17)19)16-13(18)9-3-2-6-15-8-9/h4-5,7,9,15H,2-3,6,8H2,1H3,(H,16,18). The van der Waals surface area contributed by atoms with Crippen molar-refractivity contribution in [3.8, 4) is 0 Å². The van der Waals surface area contributed by atoms with Gasteiger partial charge in [-0.05, 0) is 31.5 Å². The molecule has 1 atom stereocenters. The second kappa shape index (κ2) is 5.13. The molecule has 2 N–H and O–H groups in total. The van der Waals surface area contributed by atoms with Gasteiger partial charge in [-0.2, -0.15) is 0 Å². The third-order valence-electron chi connectivity index (χ3n) is 3.73. The molecule has 0 saturated carbocycles. The summed E-state index contributed by atoms with van der Waals surface area (Å²) in [7, 11) is 1.65. The molecular weight excluding hydrogens is 258 g/mol. The van der Waals surface area contributed by atoms with Gasteiger partial charge in [0.25, 0.3) is 0 Å². The zero-order valence-electron chi connectivity index (χ0n) is 11.3. The summed E-state index contributed by atoms with van der Waals surface area (Å²) in [6, 6.07) is 5.24. The maximum atomic E-state index is 12.1. The van der Waals surface area contributed by atoms with Gasteiger partial charge in [-0.1, -0.05) is 0 Å². The van der Waals surface area contributed by atoms with E-state index in [1.54, 1.807) is 25.2 Å². The van der Waals surface area contributed by atoms with Crippen LogP contribution in [0.2, 0.25) is 0 Å². The number of amides is 1. The van der Waals surface area contributed by atoms with Crippen molar-refractivity contribution in [2.75, 3.05) is 18.4 Å². The average molecular weight is 275 g/mol. The molecule has 1 aromatic heterocycles. The van der Waals surface area contributed by atoms with Gasteiger partial charge >= 0.3 is 5.76 Å². The Kier molecular flexibility index (Phi) is 3.31. The summed E-state index contributed by atoms with van der Waals surface area (Å²) >= 11 is 0. The van der Waals surface area contributed by atoms with E-state index in [2.05, 4.69) is 10.6 Å². The minimum Gasteiger partial charge on any atom is -0.408 e. The number of anilines is 1. The molecule has 20 heavy (non-hydrogen) atoms. The number of nitrogens with zero attached hydrogens (tertiary/aromatic N) is 1. The number of nitrogens with one attached hydrogen (secondary N) is 2. The molecular formula is C14H17N3O3. The highest BCUT2D eigenvalue weighted by atomic mass is 16.4. The van der Waals surface area contributed by atoms with Crippen LogP contribution < -0.4 is 16.4 Å². The molecule has 1 unspecified atom stereocenters. The molecule has 1 aliphatic rings. The van der Waals surface area contributed by atoms with E-state index in [-0.39, 0.29) is 11.8 Å². The maximum absolute atomic E-state index is 12.1. The third kappa shape index (κ3) is 2.34. The number of carbonyl (C=O) groups is 1. The number of fused-ring (bicyclic) bond motifs is 1. The highest BCUT2D eigenvalue weighted by Crippen LogP contribution is 2.19. The van der Waals surface area contributed by atoms with Crippen molar-refractivity contribution in [3.63, 3.8) is 0 Å². The number of aromatic nitrogens is 1. The minimum atomic E-state index is -0.403. The van der Waals surface area contributed by atoms with Crippen molar-refractivity contribution in [1.29, 1.82) is 0 Å². The summed E-state index contributed by atoms with van der Waals surface area (Å²) in [6.45, 7) is 1.69. The van der Waals surface area contributed by atoms with Crippen molar-refractivity contribution in [3.05, 3.63) is 28.7 Å². The predicted molar refractivity (Wildman–Crippen MR) is 75.7 cm³/mol. The molecule has 1 saturated heterocycles. The smallest absolute Gasteiger partial charge is 0.408 e. The Morgan fingerprint density at radius 2 is 2.35 bits per heavy atom. The first-order chi connectivity index (χ1) is 9.65. The lowest BCUT2D eigenvalue weighted by Gasteiger charge is -2.21. The van der Waals surface area contributed by atoms with Crippen LogP contribution in [0.4, 0.5) is 5.69 Å². The Labute approximate surface area is 115 Å². The van der Waals surface area contributed by atoms with Crippen LogP contribution in [-0.4, -0.2) is 23.6 Å². The molecule has 0 radical (unpaired) electrons. The number of hydrogen-bond donors (Lipinski definition) is 2. The molecule has 1 amide bonds. The average Bonchev–Trinajstić information content (AvgIpc) is 2.74. The maximum Gasteiger partial charge on any atom is 0.419 e. The van der Waals surface area contributed by atoms with Crippen molar-refractivity contribution in [1.82, 2.24) is 9.88 Å². The van der Waals surface area contributed by atoms with E-state index >= 15 is 0 Å². The predicted octanol–water partition coefficient (Wildman–Crippen LogP) is 1.07. The van der Waals surface area contributed by atoms with Crippen LogP contribution in [0.25, 0.3) is 11.1 Å². The fraction of sp³-hybridized carbons (Fsp3) is 0.429. The normalized spacial score (nSPS) is 19.1. The van der Waals surface area contributed by atoms with Crippen LogP contribution >= 0.6 is 0 Å². The summed E-state index contributed by atoms with van der Waals surface area (Å²) in [5.74, 6) is -0.392. The third-order valence-corrected chi connectivity index (χ3v) is 3.73. The molecule has 2 heterocycles. The Balaban J connectivity index is 1.80. The zero-order chi connectivity index (χ0) is 14.1. The molecule has 0 bridgehead atoms. The van der Waals surface area contributed by atoms with E-state index in [0.717, 1.165) is 19.4 Å². The number of carbonyl (C=O) groups excluding carboxylic acids is 1. The molecule has 6 heteroatoms. The quantitative estimate of drug-likeness (QED) is 0.859. The molecule has 6 nitrogen and oxygen atoms in total. The van der Waals surface area contributed by atoms with Crippen molar-refractivity contribution < 1.29 is 9.21 Å². The van der Waals surface area contributed by atoms with E-state index in [0.29, 0.717) is 23.3 Å². The number of benzene rings is 1. The summed E-state index contributed by atoms with van der Waals surface area (Å²) in [4.78, 5) is 23.5. The lowest BCUT2D eigenvalue weighted by atomic mass is 9.99. The summed E-state index contributed by atoms with van der Waals surface area (Å²) in [6.07, 6.45) is 1.92. The van der Waals surface area contributed by atoms with Crippen molar-refractivity contribution in [2.24, 2.45) is 13.0 Å². The Hall–Kier alpha value is -2.08. The van der Waals surface area contributed by atoms with E-state index in [1.165, 1.54) is 4.57 Å². The van der Waals surface area contributed by atoms with Gasteiger partial charge in [-0.15, -0.1) is 0 Å². The van der Waals surface area contributed by atoms with Gasteiger partial charge in [-0.25, -0.2) is 4.79 Å². The lowest BCUT2D eigenvalue weighted by Crippen LogP contribution is -2.37. The first kappa shape index (κ1) is 12.9. The lowest BCUT2D eigenvalue weighted by molar-refractivity contribution is -0.120. The monoisotopic (exact) mass is 275 g/mol. The van der Waals surface area contributed by atoms with Crippen LogP contribution in [-0.2, 0) is 11.8 Å². The Morgan fingerprint density at radius 3 is 3.10 bits per heavy atom. The van der Waals surface area contributed by atoms with Gasteiger partial charge in [0.1, 0.15) is 0 Å². The van der Waals surface area contributed by atoms with Gasteiger partial charge in [0.15, 0.2) is 5.58 Å². The van der Waals surface area contributed by atoms with Gasteiger partial charge in [-0.3, -0.25) is 9.36 Å². The van der Waals surface area contributed by atoms with Crippen molar-refractivity contribution >= 4 is 22.7 Å². The first-order valence-corrected chi connectivity index (χ1v) is 6.76. The van der Waals surface area contributed by atoms with E-state index in [9.17, 15) is 9.59 Å². The van der Waals surface area contributed by atoms with Crippen LogP contribution in [0.5, 0.6) is 0 Å². The minimum absolute atomic E-state index is 0.00206. The van der Waals surface area contributed by atoms with Crippen LogP contribution in [0, 0.1) is 5.92 Å². The number of oxazole rings is 1. The SMILES string of the molecule is Cn1c(=O)oc2cc(NC(=O)C3CCCNC3)ccc21. The highest BCUT2D eigenvalue weighted by molar-refractivity contribution is 5.94. The van der Waals surface area contributed by atoms with Gasteiger partial charge < -0.3 is 15.1 Å². The van der Waals surface area contributed by atoms with Crippen LogP contribution in [0.3, 0.4) is 0 Å². The number of hydrogen-bond acceptors (Lipinski definition) is 4. The fourth-order valence-corrected chi connectivity index (χ4v) is 2.53. The second-order valence-electron chi connectivity index (χ2n) is 5.14. The largest absolute Gasteiger partial charge is 0.419 e. The van der Waals surface area contributed by atoms with Gasteiger partial charge in [0.05, 0.1) is 11.4 Å². The van der Waals surface area contributed by atoms with Crippen LogP contribution in [0.15, 0.2) is 27.4 Å². The van der Waals surface area contributed by atoms with E-state index in [4.69, 9.17) is 4.42 Å². The molecule has 1 fully saturated rings. The van der Waals surface area contributed by atoms with E-state index in [1.807, 2.05) is 0 Å². The number of rotatable bonds is 2. The van der Waals surface area contributed by atoms with Gasteiger partial charge in [0.2, 0.25) is 5.91 Å². The summed E-state index contributed by atoms with van der Waals surface area (Å²) in [5, 5.41) is 6.10. The molecule has 106 valence electrons. The first-order valence-electron chi connectivity index (χ1n) is 6.76. The zero-order valence-corrected chi connectivity index (χ0v) is 11.3. The molecule has 2 aromatic rings. The van der Waals surface area contributed by atoms with E-state index < -0.39 is 5.76 Å².